The number of benzene rings is 10. The first-order chi connectivity index (χ1) is 44.3. The number of rotatable bonds is 20. The lowest BCUT2D eigenvalue weighted by Crippen LogP contribution is -2.31. The van der Waals surface area contributed by atoms with Crippen molar-refractivity contribution in [1.82, 2.24) is 0 Å². The van der Waals surface area contributed by atoms with Crippen molar-refractivity contribution in [3.8, 4) is 17.2 Å². The van der Waals surface area contributed by atoms with Crippen molar-refractivity contribution < 1.29 is 23.8 Å². The number of aryl methyl sites for hydroxylation is 8. The smallest absolute Gasteiger partial charge is 0.496 e. The van der Waals surface area contributed by atoms with Gasteiger partial charge in [-0.15, -0.1) is 0 Å². The highest BCUT2D eigenvalue weighted by molar-refractivity contribution is 5.94. The predicted octanol–water partition coefficient (Wildman–Crippen LogP) is 21.7. The van der Waals surface area contributed by atoms with E-state index in [0.29, 0.717) is 23.5 Å². The van der Waals surface area contributed by atoms with Gasteiger partial charge in [0, 0.05) is 50.5 Å². The normalized spacial score (nSPS) is 14.3. The third-order valence-electron chi connectivity index (χ3n) is 19.4. The van der Waals surface area contributed by atoms with E-state index in [0.717, 1.165) is 116 Å². The van der Waals surface area contributed by atoms with E-state index in [1.54, 1.807) is 14.0 Å². The molecule has 7 nitrogen and oxygen atoms in total. The summed E-state index contributed by atoms with van der Waals surface area (Å²) < 4.78 is 18.5. The van der Waals surface area contributed by atoms with Gasteiger partial charge in [0.15, 0.2) is 5.78 Å². The number of hydrogen-bond donors (Lipinski definition) is 0. The number of carbonyl (C=O) groups excluding carboxylic acids is 2. The van der Waals surface area contributed by atoms with Crippen molar-refractivity contribution in [3.63, 3.8) is 0 Å². The fraction of sp³-hybridized carbons (Fsp3) is 0.262. The standard InChI is InChI=1S/C84H84N2O5/c1-59-13-37-73(38-14-59)85(74-39-15-60(2)16-40-74)77-45-23-64(24-46-77)21-27-67-57-71(35-51-80(67)89-6)84(55-11-8-12-56-84)72-36-52-81(91-82(88)90-79-49-33-70(34-50-79)83(53-9-7-10-54-83)69-31-29-66(30-32-69)63(5)87)68(58-72)28-22-65-25-47-78(48-26-65)86(75-41-17-61(3)18-42-75)76-43-19-62(4)20-44-76/h13-20,23-26,29-52,57-58H,7-12,21-22,27-28,53-56H2,1-6H3. The molecule has 2 aliphatic carbocycles. The van der Waals surface area contributed by atoms with E-state index in [2.05, 4.69) is 238 Å². The summed E-state index contributed by atoms with van der Waals surface area (Å²) >= 11 is 0. The molecular formula is C84H84N2O5. The molecule has 0 atom stereocenters. The molecule has 0 amide bonds. The van der Waals surface area contributed by atoms with Gasteiger partial charge in [-0.2, -0.15) is 0 Å². The van der Waals surface area contributed by atoms with E-state index in [-0.39, 0.29) is 16.6 Å². The third kappa shape index (κ3) is 14.0. The van der Waals surface area contributed by atoms with Gasteiger partial charge < -0.3 is 24.0 Å². The number of methoxy groups -OCH3 is 1. The highest BCUT2D eigenvalue weighted by Crippen LogP contribution is 2.49. The van der Waals surface area contributed by atoms with E-state index >= 15 is 0 Å². The van der Waals surface area contributed by atoms with Gasteiger partial charge in [0.2, 0.25) is 0 Å². The van der Waals surface area contributed by atoms with Gasteiger partial charge >= 0.3 is 6.16 Å². The quantitative estimate of drug-likeness (QED) is 0.0428. The Morgan fingerprint density at radius 2 is 0.692 bits per heavy atom. The van der Waals surface area contributed by atoms with Crippen LogP contribution < -0.4 is 24.0 Å². The summed E-state index contributed by atoms with van der Waals surface area (Å²) in [6, 6.07) is 82.3. The number of carbonyl (C=O) groups is 2. The Labute approximate surface area is 539 Å². The van der Waals surface area contributed by atoms with E-state index in [4.69, 9.17) is 14.2 Å². The zero-order valence-corrected chi connectivity index (χ0v) is 53.8. The summed E-state index contributed by atoms with van der Waals surface area (Å²) in [7, 11) is 1.78. The lowest BCUT2D eigenvalue weighted by molar-refractivity contribution is 0.101. The van der Waals surface area contributed by atoms with Crippen LogP contribution in [0, 0.1) is 27.7 Å². The van der Waals surface area contributed by atoms with Gasteiger partial charge in [0.05, 0.1) is 7.11 Å². The van der Waals surface area contributed by atoms with Crippen LogP contribution in [-0.2, 0) is 36.5 Å². The van der Waals surface area contributed by atoms with Gasteiger partial charge in [-0.25, -0.2) is 4.79 Å². The first kappa shape index (κ1) is 61.8. The summed E-state index contributed by atoms with van der Waals surface area (Å²) in [4.78, 5) is 31.0. The molecule has 0 radical (unpaired) electrons. The molecule has 10 aromatic carbocycles. The highest BCUT2D eigenvalue weighted by atomic mass is 16.7. The first-order valence-corrected chi connectivity index (χ1v) is 32.8. The van der Waals surface area contributed by atoms with Crippen molar-refractivity contribution in [2.45, 2.75) is 135 Å². The number of anilines is 6. The molecule has 0 unspecified atom stereocenters. The third-order valence-corrected chi connectivity index (χ3v) is 19.4. The van der Waals surface area contributed by atoms with Crippen LogP contribution in [0.15, 0.2) is 231 Å². The van der Waals surface area contributed by atoms with Crippen molar-refractivity contribution >= 4 is 46.1 Å². The van der Waals surface area contributed by atoms with Crippen molar-refractivity contribution in [2.24, 2.45) is 0 Å². The Balaban J connectivity index is 0.829. The zero-order chi connectivity index (χ0) is 62.9. The minimum absolute atomic E-state index is 0.0629. The van der Waals surface area contributed by atoms with Crippen LogP contribution in [0.3, 0.4) is 0 Å². The van der Waals surface area contributed by atoms with Crippen LogP contribution in [0.2, 0.25) is 0 Å². The summed E-state index contributed by atoms with van der Waals surface area (Å²) in [6.07, 6.45) is 13.1. The SMILES string of the molecule is COc1ccc(C2(c3ccc(OC(=O)Oc4ccc(C5(c6ccc(C(C)=O)cc6)CCCCC5)cc4)c(CCc4ccc(N(c5ccc(C)cc5)c5ccc(C)cc5)cc4)c3)CCCCC2)cc1CCc1ccc(N(c2ccc(C)cc2)c2ccc(C)cc2)cc1. The maximum atomic E-state index is 14.2. The minimum Gasteiger partial charge on any atom is -0.496 e. The summed E-state index contributed by atoms with van der Waals surface area (Å²) in [6.45, 7) is 10.1. The fourth-order valence-corrected chi connectivity index (χ4v) is 14.2. The number of ketones is 1. The van der Waals surface area contributed by atoms with Crippen LogP contribution in [-0.4, -0.2) is 19.0 Å². The van der Waals surface area contributed by atoms with E-state index in [1.807, 2.05) is 30.3 Å². The van der Waals surface area contributed by atoms with Crippen molar-refractivity contribution in [2.75, 3.05) is 16.9 Å². The topological polar surface area (TPSA) is 68.3 Å². The summed E-state index contributed by atoms with van der Waals surface area (Å²) in [5, 5.41) is 0. The Kier molecular flexibility index (Phi) is 18.8. The van der Waals surface area contributed by atoms with Crippen LogP contribution in [0.25, 0.3) is 0 Å². The van der Waals surface area contributed by atoms with Crippen LogP contribution in [0.4, 0.5) is 38.9 Å². The molecule has 2 fully saturated rings. The summed E-state index contributed by atoms with van der Waals surface area (Å²) in [5.41, 5.74) is 21.3. The second-order valence-corrected chi connectivity index (χ2v) is 25.6. The van der Waals surface area contributed by atoms with Gasteiger partial charge in [0.1, 0.15) is 17.2 Å². The Morgan fingerprint density at radius 3 is 1.07 bits per heavy atom. The molecule has 0 heterocycles. The first-order valence-electron chi connectivity index (χ1n) is 32.8. The average Bonchev–Trinajstić information content (AvgIpc) is 0.982. The molecule has 0 aromatic heterocycles. The molecule has 0 aliphatic heterocycles. The lowest BCUT2D eigenvalue weighted by Gasteiger charge is -2.39. The second-order valence-electron chi connectivity index (χ2n) is 25.6. The number of nitrogens with zero attached hydrogens (tertiary/aromatic N) is 2. The van der Waals surface area contributed by atoms with Gasteiger partial charge in [-0.05, 0) is 228 Å². The van der Waals surface area contributed by atoms with Crippen molar-refractivity contribution in [3.05, 3.63) is 303 Å². The average molecular weight is 1200 g/mol. The molecule has 2 saturated carbocycles. The van der Waals surface area contributed by atoms with Crippen LogP contribution in [0.1, 0.15) is 148 Å². The molecule has 0 N–H and O–H groups in total. The van der Waals surface area contributed by atoms with Gasteiger partial charge in [0.25, 0.3) is 0 Å². The van der Waals surface area contributed by atoms with Gasteiger partial charge in [-0.3, -0.25) is 4.79 Å². The predicted molar refractivity (Wildman–Crippen MR) is 373 cm³/mol. The molecule has 91 heavy (non-hydrogen) atoms. The molecule has 10 aromatic rings. The Hall–Kier alpha value is -9.46. The molecule has 0 spiro atoms. The van der Waals surface area contributed by atoms with Crippen LogP contribution in [0.5, 0.6) is 17.2 Å². The molecule has 0 saturated heterocycles. The van der Waals surface area contributed by atoms with E-state index in [1.165, 1.54) is 74.0 Å². The molecule has 2 aliphatic rings. The van der Waals surface area contributed by atoms with E-state index < -0.39 is 6.16 Å². The Morgan fingerprint density at radius 1 is 0.363 bits per heavy atom. The Bertz CT molecular complexity index is 3990. The molecule has 460 valence electrons. The molecule has 12 rings (SSSR count). The maximum Gasteiger partial charge on any atom is 0.519 e. The fourth-order valence-electron chi connectivity index (χ4n) is 14.2. The molecule has 0 bridgehead atoms. The minimum atomic E-state index is -0.776. The lowest BCUT2D eigenvalue weighted by atomic mass is 9.64. The largest absolute Gasteiger partial charge is 0.519 e. The second kappa shape index (κ2) is 27.7. The van der Waals surface area contributed by atoms with E-state index in [9.17, 15) is 9.59 Å². The molecule has 7 heteroatoms. The highest BCUT2D eigenvalue weighted by Gasteiger charge is 2.38. The van der Waals surface area contributed by atoms with Crippen LogP contribution >= 0.6 is 0 Å². The molecular weight excluding hydrogens is 1120 g/mol. The van der Waals surface area contributed by atoms with Gasteiger partial charge in [-0.1, -0.05) is 194 Å². The van der Waals surface area contributed by atoms with Crippen molar-refractivity contribution in [1.29, 1.82) is 0 Å². The summed E-state index contributed by atoms with van der Waals surface area (Å²) in [5.74, 6) is 1.88. The number of ether oxygens (including phenoxy) is 3. The number of Topliss-reactive ketones (excluding diaryl/α,β-unsaturated/α-hetero) is 1. The monoisotopic (exact) mass is 1200 g/mol. The zero-order valence-electron chi connectivity index (χ0n) is 53.8. The number of hydrogen-bond acceptors (Lipinski definition) is 7. The maximum absolute atomic E-state index is 14.2.